The molecule has 0 spiro atoms. The summed E-state index contributed by atoms with van der Waals surface area (Å²) in [6.45, 7) is 5.35. The fourth-order valence-electron chi connectivity index (χ4n) is 5.27. The van der Waals surface area contributed by atoms with Crippen LogP contribution in [-0.4, -0.2) is 31.1 Å². The number of rotatable bonds is 15. The van der Waals surface area contributed by atoms with Crippen LogP contribution in [0.4, 0.5) is 8.78 Å². The highest BCUT2D eigenvalue weighted by Crippen LogP contribution is 2.39. The van der Waals surface area contributed by atoms with Crippen molar-refractivity contribution in [3.63, 3.8) is 0 Å². The van der Waals surface area contributed by atoms with Crippen LogP contribution < -0.4 is 9.47 Å². The SMILES string of the molecule is CCCCC/C=C\c1c2c(cc(OC)c1OC)C(CCCCCCC)=[N+](Cc1c(F)cccc1F)CC2. The van der Waals surface area contributed by atoms with E-state index in [1.807, 2.05) is 0 Å². The van der Waals surface area contributed by atoms with Crippen LogP contribution in [0.15, 0.2) is 30.3 Å². The van der Waals surface area contributed by atoms with E-state index in [0.717, 1.165) is 54.7 Å². The van der Waals surface area contributed by atoms with Crippen molar-refractivity contribution in [2.45, 2.75) is 91.0 Å². The minimum Gasteiger partial charge on any atom is -0.493 e. The maximum absolute atomic E-state index is 14.6. The average Bonchev–Trinajstić information content (AvgIpc) is 2.90. The average molecular weight is 513 g/mol. The van der Waals surface area contributed by atoms with E-state index in [0.29, 0.717) is 12.3 Å². The third-order valence-corrected chi connectivity index (χ3v) is 7.33. The summed E-state index contributed by atoms with van der Waals surface area (Å²) in [5, 5.41) is 0. The second-order valence-electron chi connectivity index (χ2n) is 9.93. The van der Waals surface area contributed by atoms with E-state index in [4.69, 9.17) is 9.47 Å². The first-order chi connectivity index (χ1) is 18.0. The van der Waals surface area contributed by atoms with Gasteiger partial charge in [0.25, 0.3) is 0 Å². The number of halogens is 2. The van der Waals surface area contributed by atoms with Gasteiger partial charge in [0.15, 0.2) is 23.8 Å². The standard InChI is InChI=1S/C32H44F2NO2/c1-5-7-9-11-13-16-25-24-20-21-35(23-27-28(33)17-15-18-29(27)34)30(19-14-12-10-8-6-2)26(24)22-31(36-3)32(25)37-4/h13,15-18,22H,5-12,14,19-21,23H2,1-4H3/q+1/b16-13-. The fraction of sp³-hybridized carbons (Fsp3) is 0.531. The maximum Gasteiger partial charge on any atom is 0.184 e. The van der Waals surface area contributed by atoms with Crippen molar-refractivity contribution in [3.05, 3.63) is 64.2 Å². The van der Waals surface area contributed by atoms with Crippen LogP contribution in [0.25, 0.3) is 6.08 Å². The van der Waals surface area contributed by atoms with Gasteiger partial charge in [-0.15, -0.1) is 0 Å². The third-order valence-electron chi connectivity index (χ3n) is 7.33. The van der Waals surface area contributed by atoms with Crippen molar-refractivity contribution < 1.29 is 22.8 Å². The number of ether oxygens (including phenoxy) is 2. The van der Waals surface area contributed by atoms with Crippen LogP contribution >= 0.6 is 0 Å². The van der Waals surface area contributed by atoms with E-state index in [-0.39, 0.29) is 12.1 Å². The van der Waals surface area contributed by atoms with Gasteiger partial charge in [-0.3, -0.25) is 0 Å². The van der Waals surface area contributed by atoms with Crippen molar-refractivity contribution in [1.29, 1.82) is 0 Å². The van der Waals surface area contributed by atoms with Gasteiger partial charge in [0, 0.05) is 24.0 Å². The van der Waals surface area contributed by atoms with E-state index < -0.39 is 11.6 Å². The molecule has 0 unspecified atom stereocenters. The molecule has 202 valence electrons. The molecule has 0 atom stereocenters. The van der Waals surface area contributed by atoms with Crippen molar-refractivity contribution in [3.8, 4) is 11.5 Å². The van der Waals surface area contributed by atoms with Crippen LogP contribution in [0, 0.1) is 11.6 Å². The van der Waals surface area contributed by atoms with E-state index in [9.17, 15) is 8.78 Å². The van der Waals surface area contributed by atoms with Gasteiger partial charge in [0.05, 0.1) is 19.8 Å². The van der Waals surface area contributed by atoms with Crippen molar-refractivity contribution in [2.24, 2.45) is 0 Å². The predicted molar refractivity (Wildman–Crippen MR) is 149 cm³/mol. The molecule has 3 rings (SSSR count). The maximum atomic E-state index is 14.6. The van der Waals surface area contributed by atoms with Crippen molar-refractivity contribution >= 4 is 11.8 Å². The van der Waals surface area contributed by atoms with E-state index >= 15 is 0 Å². The van der Waals surface area contributed by atoms with Gasteiger partial charge >= 0.3 is 0 Å². The molecule has 0 saturated heterocycles. The molecule has 0 aliphatic carbocycles. The Bertz CT molecular complexity index is 1070. The first kappa shape index (κ1) is 28.9. The minimum absolute atomic E-state index is 0.131. The molecule has 2 aromatic rings. The summed E-state index contributed by atoms with van der Waals surface area (Å²) < 4.78 is 43.0. The summed E-state index contributed by atoms with van der Waals surface area (Å²) in [4.78, 5) is 0. The van der Waals surface area contributed by atoms with Crippen LogP contribution in [0.2, 0.25) is 0 Å². The number of benzene rings is 2. The Morgan fingerprint density at radius 3 is 2.30 bits per heavy atom. The quantitative estimate of drug-likeness (QED) is 0.176. The molecule has 0 saturated carbocycles. The molecule has 0 N–H and O–H groups in total. The van der Waals surface area contributed by atoms with Gasteiger partial charge in [-0.2, -0.15) is 0 Å². The zero-order chi connectivity index (χ0) is 26.6. The topological polar surface area (TPSA) is 21.5 Å². The van der Waals surface area contributed by atoms with Gasteiger partial charge < -0.3 is 9.47 Å². The molecule has 2 aromatic carbocycles. The molecule has 1 aliphatic heterocycles. The predicted octanol–water partition coefficient (Wildman–Crippen LogP) is 8.49. The smallest absolute Gasteiger partial charge is 0.184 e. The first-order valence-electron chi connectivity index (χ1n) is 14.0. The molecule has 1 heterocycles. The number of hydrogen-bond donors (Lipinski definition) is 0. The summed E-state index contributed by atoms with van der Waals surface area (Å²) in [5.74, 6) is 0.466. The van der Waals surface area contributed by atoms with Gasteiger partial charge in [0.1, 0.15) is 18.2 Å². The van der Waals surface area contributed by atoms with E-state index in [1.165, 1.54) is 62.3 Å². The van der Waals surface area contributed by atoms with Crippen LogP contribution in [0.1, 0.15) is 100 Å². The molecule has 1 aliphatic rings. The molecular weight excluding hydrogens is 468 g/mol. The molecule has 0 aromatic heterocycles. The highest BCUT2D eigenvalue weighted by Gasteiger charge is 2.31. The Balaban J connectivity index is 2.07. The third kappa shape index (κ3) is 7.43. The largest absolute Gasteiger partial charge is 0.493 e. The minimum atomic E-state index is -0.490. The number of hydrogen-bond acceptors (Lipinski definition) is 2. The molecule has 0 bridgehead atoms. The number of methoxy groups -OCH3 is 2. The van der Waals surface area contributed by atoms with Crippen LogP contribution in [0.3, 0.4) is 0 Å². The lowest BCUT2D eigenvalue weighted by Crippen LogP contribution is -2.31. The lowest BCUT2D eigenvalue weighted by Gasteiger charge is -2.24. The summed E-state index contributed by atoms with van der Waals surface area (Å²) in [6.07, 6.45) is 16.5. The highest BCUT2D eigenvalue weighted by atomic mass is 19.1. The zero-order valence-corrected chi connectivity index (χ0v) is 23.2. The van der Waals surface area contributed by atoms with Crippen molar-refractivity contribution in [1.82, 2.24) is 0 Å². The van der Waals surface area contributed by atoms with Crippen LogP contribution in [-0.2, 0) is 13.0 Å². The van der Waals surface area contributed by atoms with E-state index in [2.05, 4.69) is 36.6 Å². The van der Waals surface area contributed by atoms with E-state index in [1.54, 1.807) is 14.2 Å². The monoisotopic (exact) mass is 512 g/mol. The molecule has 3 nitrogen and oxygen atoms in total. The summed E-state index contributed by atoms with van der Waals surface area (Å²) in [7, 11) is 3.35. The molecule has 5 heteroatoms. The number of fused-ring (bicyclic) bond motifs is 1. The van der Waals surface area contributed by atoms with Crippen LogP contribution in [0.5, 0.6) is 11.5 Å². The normalized spacial score (nSPS) is 13.4. The Kier molecular flexibility index (Phi) is 11.6. The number of nitrogens with zero attached hydrogens (tertiary/aromatic N) is 1. The second kappa shape index (κ2) is 14.9. The van der Waals surface area contributed by atoms with Gasteiger partial charge in [-0.1, -0.05) is 70.6 Å². The molecular formula is C32H44F2NO2+. The molecule has 37 heavy (non-hydrogen) atoms. The van der Waals surface area contributed by atoms with Gasteiger partial charge in [-0.25, -0.2) is 13.4 Å². The summed E-state index contributed by atoms with van der Waals surface area (Å²) in [6, 6.07) is 6.17. The van der Waals surface area contributed by atoms with Gasteiger partial charge in [-0.05, 0) is 43.0 Å². The molecule has 0 fully saturated rings. The second-order valence-corrected chi connectivity index (χ2v) is 9.93. The van der Waals surface area contributed by atoms with Gasteiger partial charge in [0.2, 0.25) is 0 Å². The summed E-state index contributed by atoms with van der Waals surface area (Å²) >= 11 is 0. The number of allylic oxidation sites excluding steroid dienone is 1. The lowest BCUT2D eigenvalue weighted by atomic mass is 9.88. The lowest BCUT2D eigenvalue weighted by molar-refractivity contribution is -0.546. The highest BCUT2D eigenvalue weighted by molar-refractivity contribution is 6.00. The fourth-order valence-corrected chi connectivity index (χ4v) is 5.27. The first-order valence-corrected chi connectivity index (χ1v) is 14.0. The zero-order valence-electron chi connectivity index (χ0n) is 23.2. The van der Waals surface area contributed by atoms with Crippen molar-refractivity contribution in [2.75, 3.05) is 20.8 Å². The molecule has 0 amide bonds. The molecule has 0 radical (unpaired) electrons. The summed E-state index contributed by atoms with van der Waals surface area (Å²) in [5.41, 5.74) is 4.68. The Hall–Kier alpha value is -2.69. The Labute approximate surface area is 222 Å². The Morgan fingerprint density at radius 1 is 0.919 bits per heavy atom. The number of unbranched alkanes of at least 4 members (excludes halogenated alkanes) is 7. The Morgan fingerprint density at radius 2 is 1.62 bits per heavy atom.